The quantitative estimate of drug-likeness (QED) is 0.0908. The normalized spacial score (nSPS) is 11.4. The largest absolute Gasteiger partial charge is 0.506 e. The minimum Gasteiger partial charge on any atom is -0.506 e. The van der Waals surface area contributed by atoms with Crippen LogP contribution in [0.2, 0.25) is 5.02 Å². The molecule has 0 bridgehead atoms. The highest BCUT2D eigenvalue weighted by molar-refractivity contribution is 7.16. The predicted octanol–water partition coefficient (Wildman–Crippen LogP) is 5.17. The van der Waals surface area contributed by atoms with Crippen LogP contribution < -0.4 is 10.2 Å². The summed E-state index contributed by atoms with van der Waals surface area (Å²) in [5.41, 5.74) is 2.56. The van der Waals surface area contributed by atoms with E-state index in [2.05, 4.69) is 29.0 Å². The number of carbonyl (C=O) groups excluding carboxylic acids is 1. The molecular weight excluding hydrogens is 750 g/mol. The second-order valence-corrected chi connectivity index (χ2v) is 12.1. The number of likely N-dealkylation sites (N-methyl/N-ethyl adjacent to an activating group) is 1. The molecule has 0 saturated carbocycles. The highest BCUT2D eigenvalue weighted by Gasteiger charge is 2.38. The van der Waals surface area contributed by atoms with E-state index in [1.807, 2.05) is 35.2 Å². The highest BCUT2D eigenvalue weighted by Crippen LogP contribution is 2.27. The first-order valence-corrected chi connectivity index (χ1v) is 17.0. The number of amides is 1. The Bertz CT molecular complexity index is 1590. The molecule has 0 atom stereocenters. The number of phenols is 1. The molecule has 12 nitrogen and oxygen atoms in total. The minimum absolute atomic E-state index is 0.0882. The molecule has 52 heavy (non-hydrogen) atoms. The first-order valence-electron chi connectivity index (χ1n) is 15.8. The summed E-state index contributed by atoms with van der Waals surface area (Å²) in [5, 5.41) is 28.4. The van der Waals surface area contributed by atoms with Crippen molar-refractivity contribution in [3.05, 3.63) is 62.2 Å². The Hall–Kier alpha value is -3.91. The number of phenolic OH excluding ortho intramolecular Hbond substituents is 1. The molecule has 2 aromatic carbocycles. The number of ether oxygens (including phenoxy) is 1. The molecule has 3 rings (SSSR count). The van der Waals surface area contributed by atoms with Crippen LogP contribution in [0.3, 0.4) is 0 Å². The van der Waals surface area contributed by atoms with E-state index in [-0.39, 0.29) is 16.5 Å². The summed E-state index contributed by atoms with van der Waals surface area (Å²) in [6.45, 7) is 10.6. The van der Waals surface area contributed by atoms with E-state index in [1.54, 1.807) is 6.07 Å². The number of halogens is 7. The van der Waals surface area contributed by atoms with E-state index in [0.29, 0.717) is 51.3 Å². The van der Waals surface area contributed by atoms with Crippen LogP contribution in [0.4, 0.5) is 26.3 Å². The smallest absolute Gasteiger partial charge is 0.490 e. The van der Waals surface area contributed by atoms with Crippen LogP contribution >= 0.6 is 22.9 Å². The third kappa shape index (κ3) is 17.5. The first kappa shape index (κ1) is 46.1. The van der Waals surface area contributed by atoms with Crippen molar-refractivity contribution in [2.45, 2.75) is 45.5 Å². The number of fused-ring (bicyclic) bond motifs is 1. The van der Waals surface area contributed by atoms with Gasteiger partial charge in [-0.2, -0.15) is 26.3 Å². The molecule has 0 spiro atoms. The molecule has 0 radical (unpaired) electrons. The van der Waals surface area contributed by atoms with Crippen molar-refractivity contribution in [2.75, 3.05) is 59.0 Å². The molecule has 0 aliphatic rings. The summed E-state index contributed by atoms with van der Waals surface area (Å²) in [6.07, 6.45) is -8.38. The Kier molecular flexibility index (Phi) is 20.3. The van der Waals surface area contributed by atoms with Gasteiger partial charge in [-0.15, -0.1) is 0 Å². The lowest BCUT2D eigenvalue weighted by Gasteiger charge is -2.27. The molecule has 0 fully saturated rings. The van der Waals surface area contributed by atoms with Crippen LogP contribution in [0.25, 0.3) is 10.2 Å². The molecule has 20 heteroatoms. The van der Waals surface area contributed by atoms with Gasteiger partial charge in [0.1, 0.15) is 11.3 Å². The Morgan fingerprint density at radius 1 is 0.865 bits per heavy atom. The van der Waals surface area contributed by atoms with Gasteiger partial charge in [-0.3, -0.25) is 9.59 Å². The van der Waals surface area contributed by atoms with Crippen molar-refractivity contribution in [1.82, 2.24) is 20.1 Å². The number of aromatic nitrogens is 1. The van der Waals surface area contributed by atoms with E-state index in [1.165, 1.54) is 0 Å². The molecule has 3 aromatic rings. The van der Waals surface area contributed by atoms with Gasteiger partial charge in [0.25, 0.3) is 0 Å². The number of carbonyl (C=O) groups is 3. The third-order valence-corrected chi connectivity index (χ3v) is 8.45. The van der Waals surface area contributed by atoms with Gasteiger partial charge in [-0.05, 0) is 55.7 Å². The maximum Gasteiger partial charge on any atom is 0.490 e. The summed E-state index contributed by atoms with van der Waals surface area (Å²) in [4.78, 5) is 49.3. The number of nitrogens with one attached hydrogen (secondary N) is 2. The predicted molar refractivity (Wildman–Crippen MR) is 183 cm³/mol. The van der Waals surface area contributed by atoms with Gasteiger partial charge in [0.2, 0.25) is 5.91 Å². The second-order valence-electron chi connectivity index (χ2n) is 10.7. The number of rotatable bonds is 17. The van der Waals surface area contributed by atoms with E-state index in [0.717, 1.165) is 64.7 Å². The summed E-state index contributed by atoms with van der Waals surface area (Å²) in [5.74, 6) is -5.33. The Labute approximate surface area is 303 Å². The summed E-state index contributed by atoms with van der Waals surface area (Å²) < 4.78 is 70.0. The van der Waals surface area contributed by atoms with Gasteiger partial charge < -0.3 is 40.2 Å². The van der Waals surface area contributed by atoms with Crippen LogP contribution in [0.1, 0.15) is 31.4 Å². The fraction of sp³-hybridized carbons (Fsp3) is 0.500. The van der Waals surface area contributed by atoms with Crippen molar-refractivity contribution in [1.29, 1.82) is 0 Å². The Morgan fingerprint density at radius 2 is 1.46 bits per heavy atom. The van der Waals surface area contributed by atoms with Crippen LogP contribution in [0.5, 0.6) is 5.75 Å². The zero-order valence-electron chi connectivity index (χ0n) is 28.3. The zero-order valence-corrected chi connectivity index (χ0v) is 29.9. The Balaban J connectivity index is 0.000000812. The number of thiazole rings is 1. The number of carboxylic acid groups (broad SMARTS) is 2. The lowest BCUT2D eigenvalue weighted by atomic mass is 10.1. The fourth-order valence-electron chi connectivity index (χ4n) is 4.30. The number of nitrogens with zero attached hydrogens (tertiary/aromatic N) is 2. The summed E-state index contributed by atoms with van der Waals surface area (Å²) >= 11 is 7.32. The van der Waals surface area contributed by atoms with Gasteiger partial charge in [0, 0.05) is 31.2 Å². The number of alkyl halides is 6. The number of H-pyrrole nitrogens is 1. The molecule has 0 aliphatic heterocycles. The molecule has 0 saturated heterocycles. The SMILES string of the molecule is CCN(CC)CCN(CCNCCc1ccc(O)c2[nH]c(=O)sc12)C(=O)CCOCCc1ccccc1Cl.O=C(O)C(F)(F)F.O=C(O)C(F)(F)F. The minimum atomic E-state index is -5.08. The standard InChI is InChI=1S/C28H39ClN4O4S.2C2HF3O2/c1-3-32(4-2)17-18-33(25(35)13-20-37-19-12-21-7-5-6-8-23(21)29)16-15-30-14-11-22-9-10-24(34)26-27(22)38-28(36)31-26;2*3-2(4,5)1(6)7/h5-10,30,34H,3-4,11-20H2,1-2H3,(H,31,36);2*(H,6,7). The average molecular weight is 791 g/mol. The van der Waals surface area contributed by atoms with Crippen molar-refractivity contribution in [3.63, 3.8) is 0 Å². The van der Waals surface area contributed by atoms with E-state index >= 15 is 0 Å². The van der Waals surface area contributed by atoms with Gasteiger partial charge >= 0.3 is 29.2 Å². The maximum absolute atomic E-state index is 13.0. The number of benzene rings is 2. The highest BCUT2D eigenvalue weighted by atomic mass is 35.5. The van der Waals surface area contributed by atoms with Crippen molar-refractivity contribution < 1.29 is 60.8 Å². The van der Waals surface area contributed by atoms with Gasteiger partial charge in [-0.1, -0.05) is 61.1 Å². The Morgan fingerprint density at radius 3 is 2.02 bits per heavy atom. The lowest BCUT2D eigenvalue weighted by Crippen LogP contribution is -2.42. The maximum atomic E-state index is 13.0. The summed E-state index contributed by atoms with van der Waals surface area (Å²) in [7, 11) is 0. The third-order valence-electron chi connectivity index (χ3n) is 7.12. The number of carboxylic acids is 2. The topological polar surface area (TPSA) is 172 Å². The summed E-state index contributed by atoms with van der Waals surface area (Å²) in [6, 6.07) is 11.2. The van der Waals surface area contributed by atoms with E-state index in [4.69, 9.17) is 36.1 Å². The monoisotopic (exact) mass is 790 g/mol. The van der Waals surface area contributed by atoms with Crippen molar-refractivity contribution in [3.8, 4) is 5.75 Å². The van der Waals surface area contributed by atoms with Gasteiger partial charge in [-0.25, -0.2) is 9.59 Å². The van der Waals surface area contributed by atoms with Crippen LogP contribution in [-0.2, 0) is 32.0 Å². The molecule has 292 valence electrons. The molecule has 5 N–H and O–H groups in total. The molecule has 1 aromatic heterocycles. The molecule has 0 unspecified atom stereocenters. The van der Waals surface area contributed by atoms with Crippen LogP contribution in [0.15, 0.2) is 41.2 Å². The van der Waals surface area contributed by atoms with Crippen LogP contribution in [-0.4, -0.2) is 119 Å². The van der Waals surface area contributed by atoms with Crippen LogP contribution in [0, 0.1) is 0 Å². The number of aromatic amines is 1. The number of aliphatic carboxylic acids is 2. The fourth-order valence-corrected chi connectivity index (χ4v) is 5.43. The molecule has 0 aliphatic carbocycles. The van der Waals surface area contributed by atoms with E-state index in [9.17, 15) is 41.0 Å². The lowest BCUT2D eigenvalue weighted by molar-refractivity contribution is -0.193. The van der Waals surface area contributed by atoms with Crippen molar-refractivity contribution >= 4 is 51.0 Å². The number of aromatic hydroxyl groups is 1. The number of hydrogen-bond donors (Lipinski definition) is 5. The first-order chi connectivity index (χ1) is 24.3. The average Bonchev–Trinajstić information content (AvgIpc) is 3.47. The molecule has 1 amide bonds. The van der Waals surface area contributed by atoms with E-state index < -0.39 is 24.3 Å². The van der Waals surface area contributed by atoms with Gasteiger partial charge in [0.15, 0.2) is 0 Å². The molecular formula is C32H41ClF6N4O8S. The molecule has 1 heterocycles. The van der Waals surface area contributed by atoms with Crippen molar-refractivity contribution in [2.24, 2.45) is 0 Å². The number of hydrogen-bond acceptors (Lipinski definition) is 9. The zero-order chi connectivity index (χ0) is 39.5. The second kappa shape index (κ2) is 22.9. The van der Waals surface area contributed by atoms with Gasteiger partial charge in [0.05, 0.1) is 24.3 Å².